The van der Waals surface area contributed by atoms with Crippen molar-refractivity contribution in [1.29, 1.82) is 0 Å². The first-order valence-corrected chi connectivity index (χ1v) is 8.32. The van der Waals surface area contributed by atoms with Crippen molar-refractivity contribution in [2.45, 2.75) is 26.7 Å². The minimum absolute atomic E-state index is 0.00555. The van der Waals surface area contributed by atoms with Crippen molar-refractivity contribution in [3.8, 4) is 0 Å². The van der Waals surface area contributed by atoms with E-state index < -0.39 is 0 Å². The van der Waals surface area contributed by atoms with E-state index in [9.17, 15) is 4.79 Å². The van der Waals surface area contributed by atoms with Gasteiger partial charge in [0.2, 0.25) is 5.91 Å². The Labute approximate surface area is 137 Å². The number of rotatable bonds is 6. The zero-order chi connectivity index (χ0) is 15.9. The van der Waals surface area contributed by atoms with E-state index in [1.807, 2.05) is 32.0 Å². The Balaban J connectivity index is 1.76. The van der Waals surface area contributed by atoms with Gasteiger partial charge in [0.05, 0.1) is 17.3 Å². The molecule has 1 aromatic rings. The van der Waals surface area contributed by atoms with Gasteiger partial charge in [-0.05, 0) is 63.4 Å². The van der Waals surface area contributed by atoms with Crippen LogP contribution in [0.3, 0.4) is 0 Å². The number of likely N-dealkylation sites (tertiary alicyclic amines) is 1. The smallest absolute Gasteiger partial charge is 0.238 e. The van der Waals surface area contributed by atoms with Gasteiger partial charge >= 0.3 is 0 Å². The summed E-state index contributed by atoms with van der Waals surface area (Å²) in [5, 5.41) is 3.48. The van der Waals surface area contributed by atoms with Crippen LogP contribution in [-0.4, -0.2) is 43.7 Å². The number of hydrogen-bond acceptors (Lipinski definition) is 3. The number of aryl methyl sites for hydroxylation is 1. The fourth-order valence-electron chi connectivity index (χ4n) is 2.71. The maximum Gasteiger partial charge on any atom is 0.238 e. The molecule has 0 atom stereocenters. The number of hydrogen-bond donors (Lipinski definition) is 1. The van der Waals surface area contributed by atoms with Crippen LogP contribution in [0, 0.1) is 12.8 Å². The van der Waals surface area contributed by atoms with Crippen molar-refractivity contribution in [3.63, 3.8) is 0 Å². The molecule has 0 aromatic heterocycles. The fraction of sp³-hybridized carbons (Fsp3) is 0.588. The lowest BCUT2D eigenvalue weighted by molar-refractivity contribution is -0.117. The summed E-state index contributed by atoms with van der Waals surface area (Å²) < 4.78 is 5.48. The van der Waals surface area contributed by atoms with Gasteiger partial charge in [-0.1, -0.05) is 17.7 Å². The first kappa shape index (κ1) is 17.3. The van der Waals surface area contributed by atoms with Crippen LogP contribution in [0.5, 0.6) is 0 Å². The van der Waals surface area contributed by atoms with E-state index >= 15 is 0 Å². The fourth-order valence-corrected chi connectivity index (χ4v) is 2.99. The lowest BCUT2D eigenvalue weighted by Crippen LogP contribution is -2.40. The quantitative estimate of drug-likeness (QED) is 0.872. The first-order valence-electron chi connectivity index (χ1n) is 7.94. The second kappa shape index (κ2) is 8.51. The molecular formula is C17H25ClN2O2. The van der Waals surface area contributed by atoms with Crippen LogP contribution >= 0.6 is 11.6 Å². The molecule has 0 saturated carbocycles. The second-order valence-electron chi connectivity index (χ2n) is 5.91. The largest absolute Gasteiger partial charge is 0.381 e. The molecule has 4 nitrogen and oxygen atoms in total. The Morgan fingerprint density at radius 2 is 2.14 bits per heavy atom. The van der Waals surface area contributed by atoms with Crippen molar-refractivity contribution in [2.75, 3.05) is 38.2 Å². The van der Waals surface area contributed by atoms with Crippen LogP contribution in [-0.2, 0) is 9.53 Å². The summed E-state index contributed by atoms with van der Waals surface area (Å²) in [6.45, 7) is 7.94. The molecule has 1 amide bonds. The number of nitrogens with zero attached hydrogens (tertiary/aromatic N) is 1. The number of ether oxygens (including phenoxy) is 1. The summed E-state index contributed by atoms with van der Waals surface area (Å²) in [5.74, 6) is 0.625. The number of benzene rings is 1. The van der Waals surface area contributed by atoms with Crippen molar-refractivity contribution >= 4 is 23.2 Å². The molecule has 122 valence electrons. The van der Waals surface area contributed by atoms with Gasteiger partial charge in [0.15, 0.2) is 0 Å². The SMILES string of the molecule is CCOCC1CCN(CC(=O)Nc2ccc(C)cc2Cl)CC1. The molecule has 1 aliphatic rings. The van der Waals surface area contributed by atoms with E-state index in [1.54, 1.807) is 0 Å². The Hall–Kier alpha value is -1.10. The molecule has 1 aromatic carbocycles. The predicted octanol–water partition coefficient (Wildman–Crippen LogP) is 3.34. The summed E-state index contributed by atoms with van der Waals surface area (Å²) in [5.41, 5.74) is 1.77. The Morgan fingerprint density at radius 3 is 2.77 bits per heavy atom. The summed E-state index contributed by atoms with van der Waals surface area (Å²) in [7, 11) is 0. The maximum atomic E-state index is 12.1. The van der Waals surface area contributed by atoms with Crippen LogP contribution < -0.4 is 5.32 Å². The lowest BCUT2D eigenvalue weighted by Gasteiger charge is -2.31. The van der Waals surface area contributed by atoms with Gasteiger partial charge in [0, 0.05) is 13.2 Å². The second-order valence-corrected chi connectivity index (χ2v) is 6.32. The lowest BCUT2D eigenvalue weighted by atomic mass is 9.98. The number of anilines is 1. The van der Waals surface area contributed by atoms with Crippen molar-refractivity contribution in [2.24, 2.45) is 5.92 Å². The standard InChI is InChI=1S/C17H25ClN2O2/c1-3-22-12-14-6-8-20(9-7-14)11-17(21)19-16-5-4-13(2)10-15(16)18/h4-5,10,14H,3,6-9,11-12H2,1-2H3,(H,19,21). The number of halogens is 1. The monoisotopic (exact) mass is 324 g/mol. The van der Waals surface area contributed by atoms with Gasteiger partial charge in [-0.25, -0.2) is 0 Å². The maximum absolute atomic E-state index is 12.1. The molecule has 0 radical (unpaired) electrons. The zero-order valence-electron chi connectivity index (χ0n) is 13.4. The molecule has 1 heterocycles. The molecule has 0 bridgehead atoms. The van der Waals surface area contributed by atoms with Crippen LogP contribution in [0.1, 0.15) is 25.3 Å². The normalized spacial score (nSPS) is 16.7. The van der Waals surface area contributed by atoms with E-state index in [1.165, 1.54) is 0 Å². The summed E-state index contributed by atoms with van der Waals surface area (Å²) in [6, 6.07) is 5.65. The van der Waals surface area contributed by atoms with E-state index in [2.05, 4.69) is 10.2 Å². The van der Waals surface area contributed by atoms with Gasteiger partial charge in [-0.3, -0.25) is 9.69 Å². The minimum atomic E-state index is -0.00555. The van der Waals surface area contributed by atoms with E-state index in [0.29, 0.717) is 23.2 Å². The van der Waals surface area contributed by atoms with E-state index in [0.717, 1.165) is 44.7 Å². The summed E-state index contributed by atoms with van der Waals surface area (Å²) >= 11 is 6.14. The molecule has 1 fully saturated rings. The molecule has 0 unspecified atom stereocenters. The van der Waals surface area contributed by atoms with Gasteiger partial charge in [-0.2, -0.15) is 0 Å². The topological polar surface area (TPSA) is 41.6 Å². The molecule has 1 N–H and O–H groups in total. The molecule has 2 rings (SSSR count). The summed E-state index contributed by atoms with van der Waals surface area (Å²) in [6.07, 6.45) is 2.19. The predicted molar refractivity (Wildman–Crippen MR) is 90.5 cm³/mol. The van der Waals surface area contributed by atoms with Crippen LogP contribution in [0.25, 0.3) is 0 Å². The third kappa shape index (κ3) is 5.27. The molecule has 22 heavy (non-hydrogen) atoms. The highest BCUT2D eigenvalue weighted by atomic mass is 35.5. The van der Waals surface area contributed by atoms with Crippen LogP contribution in [0.2, 0.25) is 5.02 Å². The highest BCUT2D eigenvalue weighted by Gasteiger charge is 2.21. The van der Waals surface area contributed by atoms with Crippen LogP contribution in [0.4, 0.5) is 5.69 Å². The van der Waals surface area contributed by atoms with Crippen LogP contribution in [0.15, 0.2) is 18.2 Å². The number of nitrogens with one attached hydrogen (secondary N) is 1. The Bertz CT molecular complexity index is 499. The number of carbonyl (C=O) groups excluding carboxylic acids is 1. The van der Waals surface area contributed by atoms with Crippen molar-refractivity contribution in [3.05, 3.63) is 28.8 Å². The van der Waals surface area contributed by atoms with Crippen molar-refractivity contribution < 1.29 is 9.53 Å². The van der Waals surface area contributed by atoms with E-state index in [-0.39, 0.29) is 5.91 Å². The average molecular weight is 325 g/mol. The molecule has 1 saturated heterocycles. The summed E-state index contributed by atoms with van der Waals surface area (Å²) in [4.78, 5) is 14.3. The first-order chi connectivity index (χ1) is 10.6. The number of carbonyl (C=O) groups is 1. The highest BCUT2D eigenvalue weighted by Crippen LogP contribution is 2.23. The number of amides is 1. The molecular weight excluding hydrogens is 300 g/mol. The highest BCUT2D eigenvalue weighted by molar-refractivity contribution is 6.33. The Kier molecular flexibility index (Phi) is 6.68. The van der Waals surface area contributed by atoms with Crippen molar-refractivity contribution in [1.82, 2.24) is 4.90 Å². The molecule has 5 heteroatoms. The number of piperidine rings is 1. The average Bonchev–Trinajstić information content (AvgIpc) is 2.49. The zero-order valence-corrected chi connectivity index (χ0v) is 14.2. The van der Waals surface area contributed by atoms with Gasteiger partial charge in [0.25, 0.3) is 0 Å². The third-order valence-corrected chi connectivity index (χ3v) is 4.34. The van der Waals surface area contributed by atoms with E-state index in [4.69, 9.17) is 16.3 Å². The van der Waals surface area contributed by atoms with Gasteiger partial charge < -0.3 is 10.1 Å². The molecule has 0 aliphatic carbocycles. The Morgan fingerprint density at radius 1 is 1.41 bits per heavy atom. The molecule has 1 aliphatic heterocycles. The molecule has 0 spiro atoms. The van der Waals surface area contributed by atoms with Gasteiger partial charge in [0.1, 0.15) is 0 Å². The van der Waals surface area contributed by atoms with Gasteiger partial charge in [-0.15, -0.1) is 0 Å². The third-order valence-electron chi connectivity index (χ3n) is 4.03. The minimum Gasteiger partial charge on any atom is -0.381 e.